The van der Waals surface area contributed by atoms with Crippen molar-refractivity contribution in [1.29, 1.82) is 0 Å². The molecule has 3 aromatic carbocycles. The Morgan fingerprint density at radius 1 is 0.844 bits per heavy atom. The van der Waals surface area contributed by atoms with E-state index in [4.69, 9.17) is 9.47 Å². The standard InChI is InChI=1S/C25H20F3NO3/c1-31-20-9-6-10-21(32-2)22(20)24-19(15-16-7-4-3-5-8-16)23(29(24)30)17-11-13-18(14-12-17)25(26,27)28/h3-15,23H,1-2H3/b19-15+. The van der Waals surface area contributed by atoms with Gasteiger partial charge in [0.25, 0.3) is 0 Å². The molecule has 0 bridgehead atoms. The van der Waals surface area contributed by atoms with Gasteiger partial charge in [0.1, 0.15) is 17.1 Å². The van der Waals surface area contributed by atoms with Gasteiger partial charge in [-0.25, -0.2) is 0 Å². The van der Waals surface area contributed by atoms with Crippen LogP contribution in [0.3, 0.4) is 0 Å². The summed E-state index contributed by atoms with van der Waals surface area (Å²) in [6, 6.07) is 18.5. The highest BCUT2D eigenvalue weighted by molar-refractivity contribution is 6.18. The number of nitrogens with zero attached hydrogens (tertiary/aromatic N) is 1. The molecule has 32 heavy (non-hydrogen) atoms. The van der Waals surface area contributed by atoms with Crippen molar-refractivity contribution >= 4 is 11.8 Å². The fourth-order valence-electron chi connectivity index (χ4n) is 3.83. The fourth-order valence-corrected chi connectivity index (χ4v) is 3.83. The molecule has 0 amide bonds. The highest BCUT2D eigenvalue weighted by Gasteiger charge is 2.46. The fraction of sp³-hybridized carbons (Fsp3) is 0.160. The molecule has 0 aliphatic carbocycles. The minimum Gasteiger partial charge on any atom is -0.623 e. The van der Waals surface area contributed by atoms with Gasteiger partial charge in [0, 0.05) is 5.56 Å². The van der Waals surface area contributed by atoms with E-state index in [-0.39, 0.29) is 0 Å². The number of hydroxylamine groups is 1. The van der Waals surface area contributed by atoms with Gasteiger partial charge in [0.05, 0.1) is 25.4 Å². The molecule has 0 saturated carbocycles. The quantitative estimate of drug-likeness (QED) is 0.369. The normalized spacial score (nSPS) is 17.3. The summed E-state index contributed by atoms with van der Waals surface area (Å²) in [6.07, 6.45) is -2.59. The molecule has 0 N–H and O–H groups in total. The molecule has 1 unspecified atom stereocenters. The molecule has 0 aromatic heterocycles. The summed E-state index contributed by atoms with van der Waals surface area (Å²) in [7, 11) is 3.00. The summed E-state index contributed by atoms with van der Waals surface area (Å²) < 4.78 is 50.7. The van der Waals surface area contributed by atoms with Crippen LogP contribution in [0.1, 0.15) is 28.3 Å². The zero-order valence-electron chi connectivity index (χ0n) is 17.4. The van der Waals surface area contributed by atoms with Crippen LogP contribution in [0.25, 0.3) is 6.08 Å². The lowest BCUT2D eigenvalue weighted by Gasteiger charge is -2.32. The molecular weight excluding hydrogens is 419 g/mol. The summed E-state index contributed by atoms with van der Waals surface area (Å²) in [5.74, 6) is 0.926. The summed E-state index contributed by atoms with van der Waals surface area (Å²) >= 11 is 0. The first kappa shape index (κ1) is 21.5. The van der Waals surface area contributed by atoms with Crippen LogP contribution in [-0.4, -0.2) is 24.7 Å². The predicted molar refractivity (Wildman–Crippen MR) is 116 cm³/mol. The van der Waals surface area contributed by atoms with Gasteiger partial charge in [-0.2, -0.15) is 17.9 Å². The number of ether oxygens (including phenoxy) is 2. The summed E-state index contributed by atoms with van der Waals surface area (Å²) in [6.45, 7) is 0. The maximum Gasteiger partial charge on any atom is 0.416 e. The van der Waals surface area contributed by atoms with E-state index in [0.717, 1.165) is 22.4 Å². The van der Waals surface area contributed by atoms with Gasteiger partial charge < -0.3 is 14.7 Å². The van der Waals surface area contributed by atoms with Crippen LogP contribution in [-0.2, 0) is 6.18 Å². The Bertz CT molecular complexity index is 1160. The molecule has 1 aliphatic heterocycles. The van der Waals surface area contributed by atoms with E-state index in [2.05, 4.69) is 0 Å². The Hall–Kier alpha value is -3.74. The zero-order chi connectivity index (χ0) is 22.9. The van der Waals surface area contributed by atoms with E-state index in [1.165, 1.54) is 26.4 Å². The van der Waals surface area contributed by atoms with E-state index < -0.39 is 17.8 Å². The highest BCUT2D eigenvalue weighted by Crippen LogP contribution is 2.43. The van der Waals surface area contributed by atoms with Gasteiger partial charge in [-0.3, -0.25) is 0 Å². The van der Waals surface area contributed by atoms with Crippen molar-refractivity contribution in [3.05, 3.63) is 106 Å². The first-order valence-electron chi connectivity index (χ1n) is 9.84. The molecular formula is C25H20F3NO3. The van der Waals surface area contributed by atoms with Gasteiger partial charge in [-0.1, -0.05) is 48.5 Å². The van der Waals surface area contributed by atoms with Gasteiger partial charge >= 0.3 is 6.18 Å². The van der Waals surface area contributed by atoms with Crippen molar-refractivity contribution in [3.63, 3.8) is 0 Å². The van der Waals surface area contributed by atoms with Crippen LogP contribution >= 0.6 is 0 Å². The van der Waals surface area contributed by atoms with E-state index >= 15 is 0 Å². The molecule has 1 atom stereocenters. The number of hydrogen-bond donors (Lipinski definition) is 0. The molecule has 0 radical (unpaired) electrons. The van der Waals surface area contributed by atoms with Gasteiger partial charge in [0.2, 0.25) is 11.8 Å². The second kappa shape index (κ2) is 8.42. The van der Waals surface area contributed by atoms with Gasteiger partial charge in [-0.15, -0.1) is 0 Å². The SMILES string of the molecule is COc1cccc(OC)c1C1=[N+]([O-])C(c2ccc(C(F)(F)F)cc2)/C1=C\c1ccccc1. The van der Waals surface area contributed by atoms with Crippen molar-refractivity contribution in [2.75, 3.05) is 14.2 Å². The van der Waals surface area contributed by atoms with Gasteiger partial charge in [-0.05, 0) is 35.9 Å². The van der Waals surface area contributed by atoms with Crippen LogP contribution in [0.5, 0.6) is 11.5 Å². The van der Waals surface area contributed by atoms with E-state index in [9.17, 15) is 18.4 Å². The molecule has 0 fully saturated rings. The second-order valence-corrected chi connectivity index (χ2v) is 7.24. The summed E-state index contributed by atoms with van der Waals surface area (Å²) in [5.41, 5.74) is 2.08. The van der Waals surface area contributed by atoms with Crippen LogP contribution in [0.15, 0.2) is 78.4 Å². The first-order valence-corrected chi connectivity index (χ1v) is 9.84. The first-order chi connectivity index (χ1) is 15.3. The Morgan fingerprint density at radius 3 is 1.97 bits per heavy atom. The van der Waals surface area contributed by atoms with Gasteiger partial charge in [0.15, 0.2) is 0 Å². The maximum absolute atomic E-state index is 13.3. The van der Waals surface area contributed by atoms with E-state index in [1.54, 1.807) is 18.2 Å². The lowest BCUT2D eigenvalue weighted by atomic mass is 9.83. The Morgan fingerprint density at radius 2 is 1.44 bits per heavy atom. The minimum atomic E-state index is -4.44. The summed E-state index contributed by atoms with van der Waals surface area (Å²) in [5, 5.41) is 13.3. The van der Waals surface area contributed by atoms with Crippen molar-refractivity contribution in [2.45, 2.75) is 12.2 Å². The lowest BCUT2D eigenvalue weighted by molar-refractivity contribution is -0.516. The zero-order valence-corrected chi connectivity index (χ0v) is 17.4. The third-order valence-electron chi connectivity index (χ3n) is 5.36. The number of hydrogen-bond acceptors (Lipinski definition) is 3. The van der Waals surface area contributed by atoms with Crippen LogP contribution in [0.4, 0.5) is 13.2 Å². The van der Waals surface area contributed by atoms with Crippen LogP contribution in [0.2, 0.25) is 0 Å². The largest absolute Gasteiger partial charge is 0.623 e. The molecule has 1 heterocycles. The minimum absolute atomic E-state index is 0.355. The lowest BCUT2D eigenvalue weighted by Crippen LogP contribution is -2.38. The summed E-state index contributed by atoms with van der Waals surface area (Å²) in [4.78, 5) is 0. The maximum atomic E-state index is 13.3. The number of alkyl halides is 3. The van der Waals surface area contributed by atoms with Crippen LogP contribution in [0, 0.1) is 5.21 Å². The number of rotatable bonds is 5. The molecule has 3 aromatic rings. The third-order valence-corrected chi connectivity index (χ3v) is 5.36. The average Bonchev–Trinajstić information content (AvgIpc) is 2.79. The molecule has 7 heteroatoms. The Labute approximate surface area is 183 Å². The predicted octanol–water partition coefficient (Wildman–Crippen LogP) is 5.86. The number of halogens is 3. The van der Waals surface area contributed by atoms with Crippen molar-refractivity contribution in [2.24, 2.45) is 0 Å². The monoisotopic (exact) mass is 439 g/mol. The average molecular weight is 439 g/mol. The molecule has 4 rings (SSSR count). The highest BCUT2D eigenvalue weighted by atomic mass is 19.4. The third kappa shape index (κ3) is 3.82. The number of benzene rings is 3. The molecule has 0 spiro atoms. The number of methoxy groups -OCH3 is 2. The second-order valence-electron chi connectivity index (χ2n) is 7.24. The smallest absolute Gasteiger partial charge is 0.416 e. The van der Waals surface area contributed by atoms with E-state index in [1.807, 2.05) is 36.4 Å². The molecule has 164 valence electrons. The van der Waals surface area contributed by atoms with Crippen LogP contribution < -0.4 is 9.47 Å². The molecule has 1 aliphatic rings. The molecule has 0 saturated heterocycles. The van der Waals surface area contributed by atoms with Crippen molar-refractivity contribution < 1.29 is 27.4 Å². The Kier molecular flexibility index (Phi) is 5.65. The Balaban J connectivity index is 1.88. The topological polar surface area (TPSA) is 44.5 Å². The van der Waals surface area contributed by atoms with Crippen molar-refractivity contribution in [1.82, 2.24) is 0 Å². The van der Waals surface area contributed by atoms with Crippen molar-refractivity contribution in [3.8, 4) is 11.5 Å². The van der Waals surface area contributed by atoms with E-state index in [0.29, 0.717) is 33.9 Å². The molecule has 4 nitrogen and oxygen atoms in total.